The number of hydrogen-bond acceptors (Lipinski definition) is 3. The van der Waals surface area contributed by atoms with Crippen LogP contribution in [0.2, 0.25) is 0 Å². The van der Waals surface area contributed by atoms with E-state index in [2.05, 4.69) is 26.2 Å². The van der Waals surface area contributed by atoms with E-state index in [1.165, 1.54) is 7.11 Å². The van der Waals surface area contributed by atoms with Gasteiger partial charge in [-0.1, -0.05) is 6.07 Å². The summed E-state index contributed by atoms with van der Waals surface area (Å²) in [5.41, 5.74) is 0.365. The minimum absolute atomic E-state index is 0.274. The van der Waals surface area contributed by atoms with Gasteiger partial charge in [0.05, 0.1) is 0 Å². The summed E-state index contributed by atoms with van der Waals surface area (Å²) in [6, 6.07) is 5.13. The number of nitrogens with zero attached hydrogens (tertiary/aromatic N) is 1. The Kier molecular flexibility index (Phi) is 3.85. The summed E-state index contributed by atoms with van der Waals surface area (Å²) >= 11 is 3.09. The molecule has 1 unspecified atom stereocenters. The number of alkyl halides is 1. The van der Waals surface area contributed by atoms with Crippen LogP contribution in [0.15, 0.2) is 24.4 Å². The van der Waals surface area contributed by atoms with Crippen molar-refractivity contribution < 1.29 is 9.53 Å². The van der Waals surface area contributed by atoms with Crippen LogP contribution in [0, 0.1) is 0 Å². The molecular weight excluding hydrogens is 236 g/mol. The van der Waals surface area contributed by atoms with Crippen LogP contribution in [-0.2, 0) is 4.74 Å². The van der Waals surface area contributed by atoms with Gasteiger partial charge in [-0.3, -0.25) is 9.78 Å². The maximum absolute atomic E-state index is 11.3. The number of amides is 1. The van der Waals surface area contributed by atoms with Crippen molar-refractivity contribution in [3.8, 4) is 0 Å². The number of pyridine rings is 1. The van der Waals surface area contributed by atoms with Gasteiger partial charge in [0.25, 0.3) is 5.91 Å². The van der Waals surface area contributed by atoms with Crippen LogP contribution in [0.25, 0.3) is 0 Å². The van der Waals surface area contributed by atoms with Crippen LogP contribution in [0.4, 0.5) is 0 Å². The van der Waals surface area contributed by atoms with Crippen LogP contribution in [0.5, 0.6) is 0 Å². The third-order valence-electron chi connectivity index (χ3n) is 1.35. The Morgan fingerprint density at radius 2 is 2.46 bits per heavy atom. The van der Waals surface area contributed by atoms with Crippen molar-refractivity contribution in [3.63, 3.8) is 0 Å². The number of carbonyl (C=O) groups excluding carboxylic acids is 1. The smallest absolute Gasteiger partial charge is 0.272 e. The minimum Gasteiger partial charge on any atom is -0.352 e. The molecule has 0 fully saturated rings. The molecule has 1 amide bonds. The molecule has 1 N–H and O–H groups in total. The number of aromatic nitrogens is 1. The zero-order chi connectivity index (χ0) is 9.68. The van der Waals surface area contributed by atoms with E-state index in [-0.39, 0.29) is 5.91 Å². The number of rotatable bonds is 3. The highest BCUT2D eigenvalue weighted by molar-refractivity contribution is 9.09. The SMILES string of the molecule is COC(Br)NC(=O)c1ccccn1. The predicted octanol–water partition coefficient (Wildman–Crippen LogP) is 1.14. The molecule has 1 atom stereocenters. The van der Waals surface area contributed by atoms with Crippen molar-refractivity contribution in [1.29, 1.82) is 0 Å². The Balaban J connectivity index is 2.59. The van der Waals surface area contributed by atoms with Crippen LogP contribution >= 0.6 is 15.9 Å². The Morgan fingerprint density at radius 3 is 3.00 bits per heavy atom. The first-order valence-corrected chi connectivity index (χ1v) is 4.54. The van der Waals surface area contributed by atoms with Crippen molar-refractivity contribution in [2.45, 2.75) is 5.14 Å². The molecule has 0 aliphatic rings. The quantitative estimate of drug-likeness (QED) is 0.493. The van der Waals surface area contributed by atoms with Gasteiger partial charge in [-0.15, -0.1) is 0 Å². The van der Waals surface area contributed by atoms with Gasteiger partial charge < -0.3 is 10.1 Å². The second-order valence-electron chi connectivity index (χ2n) is 2.24. The molecule has 0 aliphatic carbocycles. The first-order valence-electron chi connectivity index (χ1n) is 3.63. The Hall–Kier alpha value is -0.940. The molecule has 4 nitrogen and oxygen atoms in total. The molecule has 0 bridgehead atoms. The van der Waals surface area contributed by atoms with Crippen molar-refractivity contribution in [3.05, 3.63) is 30.1 Å². The third-order valence-corrected chi connectivity index (χ3v) is 1.95. The van der Waals surface area contributed by atoms with Crippen molar-refractivity contribution in [2.24, 2.45) is 0 Å². The van der Waals surface area contributed by atoms with Gasteiger partial charge in [-0.05, 0) is 28.1 Å². The highest BCUT2D eigenvalue weighted by Gasteiger charge is 2.09. The molecule has 1 aromatic heterocycles. The molecule has 0 aromatic carbocycles. The molecule has 5 heteroatoms. The van der Waals surface area contributed by atoms with E-state index in [4.69, 9.17) is 4.74 Å². The Labute approximate surface area is 84.4 Å². The molecule has 1 aromatic rings. The largest absolute Gasteiger partial charge is 0.352 e. The average Bonchev–Trinajstić information content (AvgIpc) is 2.19. The summed E-state index contributed by atoms with van der Waals surface area (Å²) in [6.45, 7) is 0. The van der Waals surface area contributed by atoms with Crippen LogP contribution in [0.3, 0.4) is 0 Å². The monoisotopic (exact) mass is 244 g/mol. The summed E-state index contributed by atoms with van der Waals surface area (Å²) in [5, 5.41) is 2.05. The second kappa shape index (κ2) is 4.94. The van der Waals surface area contributed by atoms with E-state index in [1.807, 2.05) is 0 Å². The average molecular weight is 245 g/mol. The van der Waals surface area contributed by atoms with E-state index < -0.39 is 5.14 Å². The topological polar surface area (TPSA) is 51.2 Å². The standard InChI is InChI=1S/C8H9BrN2O2/c1-13-8(9)11-7(12)6-4-2-3-5-10-6/h2-5,8H,1H3,(H,11,12). The molecule has 0 radical (unpaired) electrons. The number of ether oxygens (including phenoxy) is 1. The lowest BCUT2D eigenvalue weighted by Crippen LogP contribution is -2.32. The summed E-state index contributed by atoms with van der Waals surface area (Å²) < 4.78 is 4.80. The third kappa shape index (κ3) is 3.12. The van der Waals surface area contributed by atoms with Crippen molar-refractivity contribution in [1.82, 2.24) is 10.3 Å². The summed E-state index contributed by atoms with van der Waals surface area (Å²) in [6.07, 6.45) is 1.56. The fourth-order valence-electron chi connectivity index (χ4n) is 0.733. The number of methoxy groups -OCH3 is 1. The molecule has 70 valence electrons. The van der Waals surface area contributed by atoms with Crippen LogP contribution < -0.4 is 5.32 Å². The molecular formula is C8H9BrN2O2. The van der Waals surface area contributed by atoms with E-state index in [0.29, 0.717) is 5.69 Å². The highest BCUT2D eigenvalue weighted by atomic mass is 79.9. The van der Waals surface area contributed by atoms with Gasteiger partial charge in [-0.25, -0.2) is 0 Å². The molecule has 0 spiro atoms. The van der Waals surface area contributed by atoms with Crippen molar-refractivity contribution in [2.75, 3.05) is 7.11 Å². The first-order chi connectivity index (χ1) is 6.24. The molecule has 0 saturated heterocycles. The molecule has 0 saturated carbocycles. The van der Waals surface area contributed by atoms with E-state index in [9.17, 15) is 4.79 Å². The van der Waals surface area contributed by atoms with Gasteiger partial charge in [0.2, 0.25) is 0 Å². The fourth-order valence-corrected chi connectivity index (χ4v) is 0.941. The molecule has 1 rings (SSSR count). The maximum Gasteiger partial charge on any atom is 0.272 e. The summed E-state index contributed by atoms with van der Waals surface area (Å²) in [5.74, 6) is -0.274. The maximum atomic E-state index is 11.3. The normalized spacial score (nSPS) is 12.2. The van der Waals surface area contributed by atoms with Gasteiger partial charge in [0.15, 0.2) is 5.14 Å². The van der Waals surface area contributed by atoms with Crippen LogP contribution in [-0.4, -0.2) is 23.1 Å². The molecule has 1 heterocycles. The van der Waals surface area contributed by atoms with Gasteiger partial charge >= 0.3 is 0 Å². The fraction of sp³-hybridized carbons (Fsp3) is 0.250. The van der Waals surface area contributed by atoms with Gasteiger partial charge in [-0.2, -0.15) is 0 Å². The Morgan fingerprint density at radius 1 is 1.69 bits per heavy atom. The lowest BCUT2D eigenvalue weighted by molar-refractivity contribution is 0.0832. The number of nitrogens with one attached hydrogen (secondary N) is 1. The predicted molar refractivity (Wildman–Crippen MR) is 51.4 cm³/mol. The van der Waals surface area contributed by atoms with E-state index in [0.717, 1.165) is 0 Å². The molecule has 13 heavy (non-hydrogen) atoms. The zero-order valence-electron chi connectivity index (χ0n) is 7.03. The van der Waals surface area contributed by atoms with Gasteiger partial charge in [0, 0.05) is 13.3 Å². The van der Waals surface area contributed by atoms with Crippen molar-refractivity contribution >= 4 is 21.8 Å². The second-order valence-corrected chi connectivity index (χ2v) is 3.07. The lowest BCUT2D eigenvalue weighted by Gasteiger charge is -2.08. The minimum atomic E-state index is -0.484. The Bertz CT molecular complexity index is 279. The highest BCUT2D eigenvalue weighted by Crippen LogP contribution is 1.98. The summed E-state index contributed by atoms with van der Waals surface area (Å²) in [7, 11) is 1.48. The number of halogens is 1. The lowest BCUT2D eigenvalue weighted by atomic mass is 10.3. The van der Waals surface area contributed by atoms with E-state index in [1.54, 1.807) is 24.4 Å². The number of hydrogen-bond donors (Lipinski definition) is 1. The molecule has 0 aliphatic heterocycles. The first kappa shape index (κ1) is 10.1. The van der Waals surface area contributed by atoms with Gasteiger partial charge in [0.1, 0.15) is 5.69 Å². The number of carbonyl (C=O) groups is 1. The van der Waals surface area contributed by atoms with E-state index >= 15 is 0 Å². The summed E-state index contributed by atoms with van der Waals surface area (Å²) in [4.78, 5) is 15.2. The van der Waals surface area contributed by atoms with Crippen LogP contribution in [0.1, 0.15) is 10.5 Å². The zero-order valence-corrected chi connectivity index (χ0v) is 8.61.